The largest absolute Gasteiger partial charge is 0.396 e. The zero-order valence-electron chi connectivity index (χ0n) is 9.90. The maximum atomic E-state index is 13.2. The predicted molar refractivity (Wildman–Crippen MR) is 80.8 cm³/mol. The van der Waals surface area contributed by atoms with Crippen molar-refractivity contribution in [3.8, 4) is 0 Å². The van der Waals surface area contributed by atoms with Crippen LogP contribution < -0.4 is 10.5 Å². The van der Waals surface area contributed by atoms with E-state index in [0.29, 0.717) is 10.2 Å². The molecule has 0 heterocycles. The summed E-state index contributed by atoms with van der Waals surface area (Å²) in [6, 6.07) is 8.51. The Labute approximate surface area is 128 Å². The van der Waals surface area contributed by atoms with E-state index >= 15 is 0 Å². The van der Waals surface area contributed by atoms with Crippen molar-refractivity contribution < 1.29 is 12.8 Å². The van der Waals surface area contributed by atoms with Crippen LogP contribution in [0.25, 0.3) is 0 Å². The van der Waals surface area contributed by atoms with Gasteiger partial charge in [0, 0.05) is 4.47 Å². The molecule has 0 bridgehead atoms. The van der Waals surface area contributed by atoms with Gasteiger partial charge in [0.05, 0.1) is 16.4 Å². The summed E-state index contributed by atoms with van der Waals surface area (Å²) < 4.78 is 40.6. The first kappa shape index (κ1) is 15.1. The average molecular weight is 380 g/mol. The Balaban J connectivity index is 2.47. The third-order valence-corrected chi connectivity index (χ3v) is 4.98. The lowest BCUT2D eigenvalue weighted by Gasteiger charge is -2.11. The number of nitrogens with one attached hydrogen (secondary N) is 1. The summed E-state index contributed by atoms with van der Waals surface area (Å²) >= 11 is 8.99. The topological polar surface area (TPSA) is 72.2 Å². The van der Waals surface area contributed by atoms with Crippen molar-refractivity contribution in [2.24, 2.45) is 0 Å². The monoisotopic (exact) mass is 378 g/mol. The maximum Gasteiger partial charge on any atom is 0.263 e. The number of benzene rings is 2. The van der Waals surface area contributed by atoms with Crippen LogP contribution in [0.4, 0.5) is 15.8 Å². The van der Waals surface area contributed by atoms with E-state index in [1.54, 1.807) is 24.3 Å². The molecule has 0 radical (unpaired) electrons. The third kappa shape index (κ3) is 3.05. The number of hydrogen-bond donors (Lipinski definition) is 2. The number of hydrogen-bond acceptors (Lipinski definition) is 3. The highest BCUT2D eigenvalue weighted by molar-refractivity contribution is 9.10. The van der Waals surface area contributed by atoms with Gasteiger partial charge in [-0.25, -0.2) is 12.8 Å². The second-order valence-corrected chi connectivity index (χ2v) is 6.80. The fraction of sp³-hybridized carbons (Fsp3) is 0. The van der Waals surface area contributed by atoms with Gasteiger partial charge >= 0.3 is 0 Å². The minimum Gasteiger partial charge on any atom is -0.396 e. The van der Waals surface area contributed by atoms with Crippen LogP contribution >= 0.6 is 27.5 Å². The minimum absolute atomic E-state index is 0.240. The van der Waals surface area contributed by atoms with Crippen molar-refractivity contribution in [1.29, 1.82) is 0 Å². The molecule has 4 nitrogen and oxygen atoms in total. The van der Waals surface area contributed by atoms with E-state index in [-0.39, 0.29) is 15.6 Å². The van der Waals surface area contributed by atoms with Crippen molar-refractivity contribution in [3.05, 3.63) is 51.7 Å². The molecule has 2 rings (SSSR count). The molecule has 0 amide bonds. The average Bonchev–Trinajstić information content (AvgIpc) is 2.36. The summed E-state index contributed by atoms with van der Waals surface area (Å²) in [6.07, 6.45) is 0. The molecular formula is C12H9BrClFN2O2S. The highest BCUT2D eigenvalue weighted by Gasteiger charge is 2.21. The predicted octanol–water partition coefficient (Wildman–Crippen LogP) is 3.62. The van der Waals surface area contributed by atoms with Crippen LogP contribution in [0.15, 0.2) is 45.8 Å². The lowest BCUT2D eigenvalue weighted by molar-refractivity contribution is 0.600. The molecule has 0 saturated heterocycles. The Bertz CT molecular complexity index is 768. The lowest BCUT2D eigenvalue weighted by atomic mass is 10.3. The molecule has 0 spiro atoms. The number of nitrogen functional groups attached to an aromatic ring is 1. The van der Waals surface area contributed by atoms with Crippen molar-refractivity contribution >= 4 is 48.9 Å². The molecular weight excluding hydrogens is 371 g/mol. The Hall–Kier alpha value is -1.31. The summed E-state index contributed by atoms with van der Waals surface area (Å²) in [5, 5.41) is -0.240. The summed E-state index contributed by atoms with van der Waals surface area (Å²) in [6.45, 7) is 0. The SMILES string of the molecule is Nc1cc(S(=O)(=O)Nc2ccccc2Br)c(Cl)cc1F. The first-order valence-electron chi connectivity index (χ1n) is 5.33. The minimum atomic E-state index is -3.96. The first-order valence-corrected chi connectivity index (χ1v) is 7.98. The van der Waals surface area contributed by atoms with Crippen LogP contribution in [0.3, 0.4) is 0 Å². The maximum absolute atomic E-state index is 13.2. The van der Waals surface area contributed by atoms with Crippen molar-refractivity contribution in [1.82, 2.24) is 0 Å². The van der Waals surface area contributed by atoms with Gasteiger partial charge in [-0.15, -0.1) is 0 Å². The van der Waals surface area contributed by atoms with Crippen LogP contribution in [0.1, 0.15) is 0 Å². The van der Waals surface area contributed by atoms with Gasteiger partial charge in [0.1, 0.15) is 10.7 Å². The molecule has 8 heteroatoms. The fourth-order valence-electron chi connectivity index (χ4n) is 1.49. The smallest absolute Gasteiger partial charge is 0.263 e. The van der Waals surface area contributed by atoms with Gasteiger partial charge in [0.25, 0.3) is 10.0 Å². The number of rotatable bonds is 3. The van der Waals surface area contributed by atoms with Gasteiger partial charge in [-0.1, -0.05) is 23.7 Å². The molecule has 2 aromatic carbocycles. The summed E-state index contributed by atoms with van der Waals surface area (Å²) in [5.41, 5.74) is 5.42. The quantitative estimate of drug-likeness (QED) is 0.800. The summed E-state index contributed by atoms with van der Waals surface area (Å²) in [5.74, 6) is -0.769. The van der Waals surface area contributed by atoms with E-state index in [1.807, 2.05) is 0 Å². The van der Waals surface area contributed by atoms with E-state index in [1.165, 1.54) is 0 Å². The standard InChI is InChI=1S/C12H9BrClFN2O2S/c13-7-3-1-2-4-11(7)17-20(18,19)12-6-10(16)9(15)5-8(12)14/h1-6,17H,16H2. The Morgan fingerprint density at radius 3 is 2.55 bits per heavy atom. The summed E-state index contributed by atoms with van der Waals surface area (Å²) in [7, 11) is -3.96. The molecule has 106 valence electrons. The zero-order valence-corrected chi connectivity index (χ0v) is 13.1. The molecule has 0 aliphatic heterocycles. The first-order chi connectivity index (χ1) is 9.31. The molecule has 0 aliphatic rings. The summed E-state index contributed by atoms with van der Waals surface area (Å²) in [4.78, 5) is -0.284. The van der Waals surface area contributed by atoms with Crippen LogP contribution in [0, 0.1) is 5.82 Å². The normalized spacial score (nSPS) is 11.3. The number of sulfonamides is 1. The molecule has 0 fully saturated rings. The van der Waals surface area contributed by atoms with E-state index < -0.39 is 15.8 Å². The van der Waals surface area contributed by atoms with Gasteiger partial charge in [0.15, 0.2) is 0 Å². The van der Waals surface area contributed by atoms with E-state index in [9.17, 15) is 12.8 Å². The lowest BCUT2D eigenvalue weighted by Crippen LogP contribution is -2.14. The molecule has 0 aliphatic carbocycles. The Morgan fingerprint density at radius 1 is 1.25 bits per heavy atom. The molecule has 20 heavy (non-hydrogen) atoms. The van der Waals surface area contributed by atoms with Crippen molar-refractivity contribution in [2.45, 2.75) is 4.90 Å². The molecule has 0 unspecified atom stereocenters. The van der Waals surface area contributed by atoms with Gasteiger partial charge in [0.2, 0.25) is 0 Å². The second kappa shape index (κ2) is 5.59. The molecule has 0 atom stereocenters. The number of para-hydroxylation sites is 1. The zero-order chi connectivity index (χ0) is 14.9. The van der Waals surface area contributed by atoms with Crippen molar-refractivity contribution in [3.63, 3.8) is 0 Å². The Morgan fingerprint density at radius 2 is 1.90 bits per heavy atom. The van der Waals surface area contributed by atoms with Gasteiger partial charge < -0.3 is 5.73 Å². The molecule has 2 aromatic rings. The third-order valence-electron chi connectivity index (χ3n) is 2.46. The van der Waals surface area contributed by atoms with Crippen LogP contribution in [0.2, 0.25) is 5.02 Å². The van der Waals surface area contributed by atoms with Crippen LogP contribution in [-0.4, -0.2) is 8.42 Å². The van der Waals surface area contributed by atoms with Gasteiger partial charge in [-0.3, -0.25) is 4.72 Å². The second-order valence-electron chi connectivity index (χ2n) is 3.89. The van der Waals surface area contributed by atoms with E-state index in [0.717, 1.165) is 12.1 Å². The Kier molecular flexibility index (Phi) is 4.22. The van der Waals surface area contributed by atoms with Crippen LogP contribution in [-0.2, 0) is 10.0 Å². The van der Waals surface area contributed by atoms with Crippen molar-refractivity contribution in [2.75, 3.05) is 10.5 Å². The van der Waals surface area contributed by atoms with Gasteiger partial charge in [-0.2, -0.15) is 0 Å². The molecule has 0 saturated carbocycles. The number of halogens is 3. The molecule has 0 aromatic heterocycles. The molecule has 3 N–H and O–H groups in total. The fourth-order valence-corrected chi connectivity index (χ4v) is 3.64. The van der Waals surface area contributed by atoms with E-state index in [2.05, 4.69) is 20.7 Å². The highest BCUT2D eigenvalue weighted by atomic mass is 79.9. The van der Waals surface area contributed by atoms with Crippen LogP contribution in [0.5, 0.6) is 0 Å². The number of nitrogens with two attached hydrogens (primary N) is 1. The van der Waals surface area contributed by atoms with Gasteiger partial charge in [-0.05, 0) is 40.2 Å². The highest BCUT2D eigenvalue weighted by Crippen LogP contribution is 2.30. The van der Waals surface area contributed by atoms with E-state index in [4.69, 9.17) is 17.3 Å². The number of anilines is 2.